The van der Waals surface area contributed by atoms with Crippen molar-refractivity contribution in [2.45, 2.75) is 13.3 Å². The molecule has 3 rings (SSSR count). The molecule has 1 aliphatic carbocycles. The number of hydrogen-bond donors (Lipinski definition) is 0. The Morgan fingerprint density at radius 2 is 1.77 bits per heavy atom. The second-order valence-electron chi connectivity index (χ2n) is 5.34. The maximum Gasteiger partial charge on any atom is 0.261 e. The molecule has 6 nitrogen and oxygen atoms in total. The van der Waals surface area contributed by atoms with E-state index < -0.39 is 16.7 Å². The second kappa shape index (κ2) is 5.22. The average molecular weight is 297 g/mol. The van der Waals surface area contributed by atoms with Crippen LogP contribution in [0.2, 0.25) is 0 Å². The summed E-state index contributed by atoms with van der Waals surface area (Å²) in [6.07, 6.45) is 3.50. The lowest BCUT2D eigenvalue weighted by Gasteiger charge is -2.19. The minimum atomic E-state index is -0.476. The van der Waals surface area contributed by atoms with Crippen molar-refractivity contribution in [3.05, 3.63) is 74.8 Å². The van der Waals surface area contributed by atoms with E-state index in [2.05, 4.69) is 0 Å². The molecule has 0 unspecified atom stereocenters. The van der Waals surface area contributed by atoms with Gasteiger partial charge in [-0.2, -0.15) is 0 Å². The van der Waals surface area contributed by atoms with Crippen molar-refractivity contribution in [2.75, 3.05) is 6.54 Å². The van der Waals surface area contributed by atoms with Gasteiger partial charge in [-0.15, -0.1) is 0 Å². The van der Waals surface area contributed by atoms with Crippen molar-refractivity contribution >= 4 is 11.8 Å². The first-order chi connectivity index (χ1) is 10.5. The minimum absolute atomic E-state index is 0.0397. The van der Waals surface area contributed by atoms with E-state index in [0.717, 1.165) is 10.5 Å². The lowest BCUT2D eigenvalue weighted by molar-refractivity contribution is -0.422. The third kappa shape index (κ3) is 2.22. The minimum Gasteiger partial charge on any atom is -0.270 e. The Hall–Kier alpha value is -2.76. The molecule has 111 valence electrons. The summed E-state index contributed by atoms with van der Waals surface area (Å²) in [7, 11) is 0. The Labute approximate surface area is 126 Å². The molecule has 22 heavy (non-hydrogen) atoms. The molecule has 0 spiro atoms. The fraction of sp³-hybridized carbons (Fsp3) is 0.188. The molecule has 2 aliphatic rings. The predicted octanol–water partition coefficient (Wildman–Crippen LogP) is 2.37. The summed E-state index contributed by atoms with van der Waals surface area (Å²) in [5, 5.41) is 11.1. The molecule has 0 aromatic heterocycles. The van der Waals surface area contributed by atoms with Crippen LogP contribution in [0.4, 0.5) is 0 Å². The molecule has 1 aromatic carbocycles. The van der Waals surface area contributed by atoms with E-state index in [4.69, 9.17) is 0 Å². The fourth-order valence-electron chi connectivity index (χ4n) is 2.73. The number of imide groups is 1. The van der Waals surface area contributed by atoms with E-state index >= 15 is 0 Å². The van der Waals surface area contributed by atoms with E-state index in [1.54, 1.807) is 30.3 Å². The monoisotopic (exact) mass is 297 g/mol. The van der Waals surface area contributed by atoms with Gasteiger partial charge in [0.1, 0.15) is 0 Å². The number of benzene rings is 1. The molecule has 0 fully saturated rings. The molecule has 0 bridgehead atoms. The largest absolute Gasteiger partial charge is 0.270 e. The van der Waals surface area contributed by atoms with Crippen molar-refractivity contribution < 1.29 is 14.5 Å². The SMILES string of the molecule is CC1=C[CH]C([N+](=O)[O-])=C(CN2C(=O)c3ccccc3C2=O)C1. The lowest BCUT2D eigenvalue weighted by Crippen LogP contribution is -2.33. The summed E-state index contributed by atoms with van der Waals surface area (Å²) >= 11 is 0. The molecule has 2 amide bonds. The van der Waals surface area contributed by atoms with Gasteiger partial charge >= 0.3 is 0 Å². The zero-order valence-electron chi connectivity index (χ0n) is 11.9. The molecule has 6 heteroatoms. The Bertz CT molecular complexity index is 726. The normalized spacial score (nSPS) is 17.7. The van der Waals surface area contributed by atoms with E-state index in [1.165, 1.54) is 6.42 Å². The Balaban J connectivity index is 1.92. The Morgan fingerprint density at radius 3 is 2.32 bits per heavy atom. The van der Waals surface area contributed by atoms with Crippen molar-refractivity contribution in [1.29, 1.82) is 0 Å². The number of allylic oxidation sites excluding steroid dienone is 2. The van der Waals surface area contributed by atoms with Crippen LogP contribution in [0, 0.1) is 16.5 Å². The highest BCUT2D eigenvalue weighted by atomic mass is 16.6. The first-order valence-electron chi connectivity index (χ1n) is 6.81. The van der Waals surface area contributed by atoms with Gasteiger partial charge in [0.25, 0.3) is 17.5 Å². The number of carbonyl (C=O) groups excluding carboxylic acids is 2. The zero-order valence-corrected chi connectivity index (χ0v) is 11.9. The van der Waals surface area contributed by atoms with Crippen LogP contribution in [-0.2, 0) is 0 Å². The van der Waals surface area contributed by atoms with Crippen LogP contribution in [0.15, 0.2) is 47.2 Å². The molecule has 1 aliphatic heterocycles. The first-order valence-corrected chi connectivity index (χ1v) is 6.81. The smallest absolute Gasteiger partial charge is 0.261 e. The van der Waals surface area contributed by atoms with Crippen LogP contribution >= 0.6 is 0 Å². The number of nitrogens with zero attached hydrogens (tertiary/aromatic N) is 2. The van der Waals surface area contributed by atoms with Gasteiger partial charge in [-0.1, -0.05) is 23.8 Å². The van der Waals surface area contributed by atoms with Gasteiger partial charge in [0.15, 0.2) is 0 Å². The first kappa shape index (κ1) is 14.2. The highest BCUT2D eigenvalue weighted by Gasteiger charge is 2.37. The van der Waals surface area contributed by atoms with Crippen LogP contribution in [0.1, 0.15) is 34.1 Å². The predicted molar refractivity (Wildman–Crippen MR) is 78.5 cm³/mol. The summed E-state index contributed by atoms with van der Waals surface area (Å²) in [4.78, 5) is 36.4. The van der Waals surface area contributed by atoms with Crippen molar-refractivity contribution in [2.24, 2.45) is 0 Å². The van der Waals surface area contributed by atoms with Crippen LogP contribution < -0.4 is 0 Å². The van der Waals surface area contributed by atoms with Gasteiger partial charge in [0.05, 0.1) is 29.0 Å². The molecule has 0 saturated heterocycles. The highest BCUT2D eigenvalue weighted by Crippen LogP contribution is 2.28. The number of nitro groups is 1. The molecule has 0 atom stereocenters. The summed E-state index contributed by atoms with van der Waals surface area (Å²) < 4.78 is 0. The molecule has 1 aromatic rings. The quantitative estimate of drug-likeness (QED) is 0.487. The average Bonchev–Trinajstić information content (AvgIpc) is 2.73. The van der Waals surface area contributed by atoms with Crippen LogP contribution in [0.3, 0.4) is 0 Å². The van der Waals surface area contributed by atoms with Crippen LogP contribution in [0.5, 0.6) is 0 Å². The summed E-state index contributed by atoms with van der Waals surface area (Å²) in [5.41, 5.74) is 2.09. The van der Waals surface area contributed by atoms with E-state index in [9.17, 15) is 19.7 Å². The van der Waals surface area contributed by atoms with Crippen molar-refractivity contribution in [3.63, 3.8) is 0 Å². The van der Waals surface area contributed by atoms with Gasteiger partial charge in [0, 0.05) is 5.57 Å². The lowest BCUT2D eigenvalue weighted by atomic mass is 9.96. The third-order valence-electron chi connectivity index (χ3n) is 3.80. The number of carbonyl (C=O) groups is 2. The third-order valence-corrected chi connectivity index (χ3v) is 3.80. The molecule has 0 N–H and O–H groups in total. The molecule has 1 heterocycles. The Kier molecular flexibility index (Phi) is 3.36. The highest BCUT2D eigenvalue weighted by molar-refractivity contribution is 6.21. The summed E-state index contributed by atoms with van der Waals surface area (Å²) in [5.74, 6) is -0.800. The maximum absolute atomic E-state index is 12.3. The van der Waals surface area contributed by atoms with E-state index in [-0.39, 0.29) is 12.2 Å². The summed E-state index contributed by atoms with van der Waals surface area (Å²) in [6, 6.07) is 6.57. The van der Waals surface area contributed by atoms with Crippen molar-refractivity contribution in [1.82, 2.24) is 4.90 Å². The van der Waals surface area contributed by atoms with Crippen LogP contribution in [-0.4, -0.2) is 28.2 Å². The molecule has 0 saturated carbocycles. The van der Waals surface area contributed by atoms with E-state index in [1.807, 2.05) is 6.92 Å². The molecular formula is C16H13N2O4. The van der Waals surface area contributed by atoms with Crippen molar-refractivity contribution in [3.8, 4) is 0 Å². The topological polar surface area (TPSA) is 80.5 Å². The zero-order chi connectivity index (χ0) is 15.9. The standard InChI is InChI=1S/C16H13N2O4/c1-10-6-7-14(18(21)22)11(8-10)9-17-15(19)12-4-2-3-5-13(12)16(17)20/h2-7H,8-9H2,1H3. The van der Waals surface area contributed by atoms with E-state index in [0.29, 0.717) is 23.1 Å². The second-order valence-corrected chi connectivity index (χ2v) is 5.34. The van der Waals surface area contributed by atoms with Crippen LogP contribution in [0.25, 0.3) is 0 Å². The summed E-state index contributed by atoms with van der Waals surface area (Å²) in [6.45, 7) is 1.81. The number of rotatable bonds is 3. The molecular weight excluding hydrogens is 284 g/mol. The van der Waals surface area contributed by atoms with Gasteiger partial charge < -0.3 is 0 Å². The van der Waals surface area contributed by atoms with Gasteiger partial charge in [0.2, 0.25) is 0 Å². The van der Waals surface area contributed by atoms with Gasteiger partial charge in [-0.3, -0.25) is 24.6 Å². The fourth-order valence-corrected chi connectivity index (χ4v) is 2.73. The number of amides is 2. The number of hydrogen-bond acceptors (Lipinski definition) is 4. The van der Waals surface area contributed by atoms with Gasteiger partial charge in [-0.05, 0) is 25.5 Å². The van der Waals surface area contributed by atoms with Gasteiger partial charge in [-0.25, -0.2) is 0 Å². The number of fused-ring (bicyclic) bond motifs is 1. The molecule has 1 radical (unpaired) electrons. The maximum atomic E-state index is 12.3. The Morgan fingerprint density at radius 1 is 1.18 bits per heavy atom.